The van der Waals surface area contributed by atoms with E-state index >= 15 is 0 Å². The van der Waals surface area contributed by atoms with Crippen LogP contribution in [-0.2, 0) is 9.59 Å². The van der Waals surface area contributed by atoms with Crippen LogP contribution >= 0.6 is 0 Å². The van der Waals surface area contributed by atoms with Crippen LogP contribution < -0.4 is 14.8 Å². The molecule has 6 nitrogen and oxygen atoms in total. The number of carbonyl (C=O) groups excluding carboxylic acids is 2. The number of nitrogens with one attached hydrogen (secondary N) is 1. The number of carbonyl (C=O) groups is 2. The van der Waals surface area contributed by atoms with Crippen LogP contribution in [-0.4, -0.2) is 23.8 Å². The van der Waals surface area contributed by atoms with Gasteiger partial charge < -0.3 is 14.8 Å². The summed E-state index contributed by atoms with van der Waals surface area (Å²) in [5, 5.41) is 2.94. The lowest BCUT2D eigenvalue weighted by Gasteiger charge is -2.36. The molecule has 2 aliphatic carbocycles. The zero-order valence-corrected chi connectivity index (χ0v) is 16.8. The molecule has 1 heterocycles. The molecule has 1 aromatic carbocycles. The van der Waals surface area contributed by atoms with Crippen molar-refractivity contribution in [3.05, 3.63) is 42.1 Å². The Labute approximate surface area is 170 Å². The highest BCUT2D eigenvalue weighted by Crippen LogP contribution is 2.40. The molecule has 2 bridgehead atoms. The standard InChI is InChI=1S/C23H26N2O4/c1-14-6-8-19(20(10-14)28-2)29-21-9-7-18(13-24-21)25-23(27)17-11-15-4-3-5-16(12-17)22(15)26/h6-10,13,15-17H,3-5,11-12H2,1-2H3,(H,25,27). The number of ketones is 1. The van der Waals surface area contributed by atoms with E-state index in [2.05, 4.69) is 10.3 Å². The molecular formula is C23H26N2O4. The van der Waals surface area contributed by atoms with Gasteiger partial charge in [-0.15, -0.1) is 0 Å². The average Bonchev–Trinajstić information content (AvgIpc) is 2.70. The van der Waals surface area contributed by atoms with E-state index in [0.717, 1.165) is 24.8 Å². The average molecular weight is 394 g/mol. The Hall–Kier alpha value is -2.89. The molecule has 4 rings (SSSR count). The third kappa shape index (κ3) is 4.26. The molecule has 29 heavy (non-hydrogen) atoms. The second-order valence-electron chi connectivity index (χ2n) is 8.03. The fourth-order valence-corrected chi connectivity index (χ4v) is 4.42. The summed E-state index contributed by atoms with van der Waals surface area (Å²) in [7, 11) is 1.60. The van der Waals surface area contributed by atoms with Crippen molar-refractivity contribution in [2.75, 3.05) is 12.4 Å². The maximum atomic E-state index is 12.7. The molecule has 2 aromatic rings. The van der Waals surface area contributed by atoms with Crippen LogP contribution in [0.2, 0.25) is 0 Å². The highest BCUT2D eigenvalue weighted by atomic mass is 16.5. The lowest BCUT2D eigenvalue weighted by atomic mass is 9.67. The lowest BCUT2D eigenvalue weighted by Crippen LogP contribution is -2.40. The van der Waals surface area contributed by atoms with Crippen molar-refractivity contribution >= 4 is 17.4 Å². The van der Waals surface area contributed by atoms with E-state index in [1.165, 1.54) is 0 Å². The van der Waals surface area contributed by atoms with E-state index in [1.807, 2.05) is 25.1 Å². The Morgan fingerprint density at radius 1 is 1.10 bits per heavy atom. The molecule has 152 valence electrons. The fourth-order valence-electron chi connectivity index (χ4n) is 4.42. The molecule has 1 N–H and O–H groups in total. The van der Waals surface area contributed by atoms with Crippen molar-refractivity contribution in [3.8, 4) is 17.4 Å². The second-order valence-corrected chi connectivity index (χ2v) is 8.03. The van der Waals surface area contributed by atoms with E-state index < -0.39 is 0 Å². The van der Waals surface area contributed by atoms with Gasteiger partial charge in [-0.25, -0.2) is 4.98 Å². The van der Waals surface area contributed by atoms with Gasteiger partial charge in [-0.05, 0) is 56.4 Å². The van der Waals surface area contributed by atoms with Gasteiger partial charge in [0, 0.05) is 23.8 Å². The summed E-state index contributed by atoms with van der Waals surface area (Å²) < 4.78 is 11.2. The number of pyridine rings is 1. The Kier molecular flexibility index (Phi) is 5.51. The Balaban J connectivity index is 1.38. The zero-order chi connectivity index (χ0) is 20.4. The number of benzene rings is 1. The quantitative estimate of drug-likeness (QED) is 0.806. The molecule has 0 radical (unpaired) electrons. The number of amides is 1. The van der Waals surface area contributed by atoms with Gasteiger partial charge in [0.25, 0.3) is 0 Å². The van der Waals surface area contributed by atoms with Crippen molar-refractivity contribution in [2.24, 2.45) is 17.8 Å². The summed E-state index contributed by atoms with van der Waals surface area (Å²) in [4.78, 5) is 29.2. The van der Waals surface area contributed by atoms with Crippen LogP contribution in [0.1, 0.15) is 37.7 Å². The zero-order valence-electron chi connectivity index (χ0n) is 16.8. The number of nitrogens with zero attached hydrogens (tertiary/aromatic N) is 1. The first-order valence-corrected chi connectivity index (χ1v) is 10.2. The van der Waals surface area contributed by atoms with E-state index in [9.17, 15) is 9.59 Å². The molecule has 1 amide bonds. The van der Waals surface area contributed by atoms with Crippen LogP contribution in [0.4, 0.5) is 5.69 Å². The Bertz CT molecular complexity index is 894. The topological polar surface area (TPSA) is 77.5 Å². The number of aryl methyl sites for hydroxylation is 1. The number of aromatic nitrogens is 1. The molecular weight excluding hydrogens is 368 g/mol. The number of fused-ring (bicyclic) bond motifs is 2. The minimum Gasteiger partial charge on any atom is -0.493 e. The van der Waals surface area contributed by atoms with E-state index in [-0.39, 0.29) is 23.7 Å². The number of Topliss-reactive ketones (excluding diaryl/α,β-unsaturated/α-hetero) is 1. The van der Waals surface area contributed by atoms with Gasteiger partial charge in [0.05, 0.1) is 19.0 Å². The van der Waals surface area contributed by atoms with Gasteiger partial charge in [-0.3, -0.25) is 9.59 Å². The number of hydrogen-bond donors (Lipinski definition) is 1. The van der Waals surface area contributed by atoms with Crippen LogP contribution in [0.5, 0.6) is 17.4 Å². The van der Waals surface area contributed by atoms with Gasteiger partial charge in [-0.1, -0.05) is 12.5 Å². The maximum Gasteiger partial charge on any atom is 0.227 e. The normalized spacial score (nSPS) is 23.4. The second kappa shape index (κ2) is 8.23. The Morgan fingerprint density at radius 2 is 1.86 bits per heavy atom. The largest absolute Gasteiger partial charge is 0.493 e. The van der Waals surface area contributed by atoms with Gasteiger partial charge in [0.15, 0.2) is 11.5 Å². The number of anilines is 1. The first kappa shape index (κ1) is 19.4. The summed E-state index contributed by atoms with van der Waals surface area (Å²) in [6.07, 6.45) is 5.88. The van der Waals surface area contributed by atoms with Crippen molar-refractivity contribution in [1.29, 1.82) is 0 Å². The van der Waals surface area contributed by atoms with Gasteiger partial charge >= 0.3 is 0 Å². The summed E-state index contributed by atoms with van der Waals surface area (Å²) in [6.45, 7) is 1.98. The number of methoxy groups -OCH3 is 1. The molecule has 0 saturated heterocycles. The van der Waals surface area contributed by atoms with Crippen LogP contribution in [0.25, 0.3) is 0 Å². The van der Waals surface area contributed by atoms with Gasteiger partial charge in [-0.2, -0.15) is 0 Å². The van der Waals surface area contributed by atoms with Crippen LogP contribution in [0.3, 0.4) is 0 Å². The van der Waals surface area contributed by atoms with Crippen LogP contribution in [0.15, 0.2) is 36.5 Å². The molecule has 2 saturated carbocycles. The number of ether oxygens (including phenoxy) is 2. The minimum absolute atomic E-state index is 0.0231. The highest BCUT2D eigenvalue weighted by Gasteiger charge is 2.41. The first-order chi connectivity index (χ1) is 14.0. The van der Waals surface area contributed by atoms with Crippen molar-refractivity contribution in [2.45, 2.75) is 39.0 Å². The molecule has 2 atom stereocenters. The summed E-state index contributed by atoms with van der Waals surface area (Å²) in [6, 6.07) is 9.17. The molecule has 2 unspecified atom stereocenters. The molecule has 1 aromatic heterocycles. The minimum atomic E-state index is -0.101. The summed E-state index contributed by atoms with van der Waals surface area (Å²) in [5.74, 6) is 2.02. The summed E-state index contributed by atoms with van der Waals surface area (Å²) in [5.41, 5.74) is 1.70. The predicted octanol–water partition coefficient (Wildman–Crippen LogP) is 4.52. The molecule has 2 aliphatic rings. The van der Waals surface area contributed by atoms with Gasteiger partial charge in [0.1, 0.15) is 5.78 Å². The van der Waals surface area contributed by atoms with Crippen LogP contribution in [0, 0.1) is 24.7 Å². The van der Waals surface area contributed by atoms with Crippen molar-refractivity contribution < 1.29 is 19.1 Å². The third-order valence-corrected chi connectivity index (χ3v) is 5.96. The SMILES string of the molecule is COc1cc(C)ccc1Oc1ccc(NC(=O)C2CC3CCCC(C2)C3=O)cn1. The molecule has 6 heteroatoms. The highest BCUT2D eigenvalue weighted by molar-refractivity contribution is 5.95. The van der Waals surface area contributed by atoms with Crippen molar-refractivity contribution in [1.82, 2.24) is 4.98 Å². The molecule has 2 fully saturated rings. The van der Waals surface area contributed by atoms with Crippen molar-refractivity contribution in [3.63, 3.8) is 0 Å². The Morgan fingerprint density at radius 3 is 2.52 bits per heavy atom. The number of rotatable bonds is 5. The van der Waals surface area contributed by atoms with Gasteiger partial charge in [0.2, 0.25) is 11.8 Å². The monoisotopic (exact) mass is 394 g/mol. The fraction of sp³-hybridized carbons (Fsp3) is 0.435. The predicted molar refractivity (Wildman–Crippen MR) is 109 cm³/mol. The first-order valence-electron chi connectivity index (χ1n) is 10.2. The lowest BCUT2D eigenvalue weighted by molar-refractivity contribution is -0.136. The molecule has 0 aliphatic heterocycles. The van der Waals surface area contributed by atoms with E-state index in [0.29, 0.717) is 41.7 Å². The third-order valence-electron chi connectivity index (χ3n) is 5.96. The van der Waals surface area contributed by atoms with E-state index in [1.54, 1.807) is 25.4 Å². The summed E-state index contributed by atoms with van der Waals surface area (Å²) >= 11 is 0. The van der Waals surface area contributed by atoms with E-state index in [4.69, 9.17) is 9.47 Å². The number of hydrogen-bond acceptors (Lipinski definition) is 5. The maximum absolute atomic E-state index is 12.7. The smallest absolute Gasteiger partial charge is 0.227 e. The molecule has 0 spiro atoms.